The molecule has 0 saturated heterocycles. The van der Waals surface area contributed by atoms with E-state index in [0.717, 1.165) is 11.1 Å². The molecule has 5 nitrogen and oxygen atoms in total. The van der Waals surface area contributed by atoms with Crippen LogP contribution in [-0.2, 0) is 14.3 Å². The molecule has 0 unspecified atom stereocenters. The van der Waals surface area contributed by atoms with Crippen LogP contribution >= 0.6 is 0 Å². The molecule has 5 heteroatoms. The van der Waals surface area contributed by atoms with Crippen molar-refractivity contribution in [1.82, 2.24) is 0 Å². The normalized spacial score (nSPS) is 11.6. The Balaban J connectivity index is 2.36. The monoisotopic (exact) mass is 313 g/mol. The van der Waals surface area contributed by atoms with Gasteiger partial charge >= 0.3 is 11.9 Å². The summed E-state index contributed by atoms with van der Waals surface area (Å²) in [6.45, 7) is 2.09. The fraction of sp³-hybridized carbons (Fsp3) is 0.222. The lowest BCUT2D eigenvalue weighted by Gasteiger charge is -2.15. The Morgan fingerprint density at radius 2 is 1.74 bits per heavy atom. The van der Waals surface area contributed by atoms with Crippen molar-refractivity contribution in [3.8, 4) is 11.1 Å². The highest BCUT2D eigenvalue weighted by Crippen LogP contribution is 2.28. The molecule has 0 bridgehead atoms. The van der Waals surface area contributed by atoms with Crippen LogP contribution in [-0.4, -0.2) is 25.7 Å². The van der Waals surface area contributed by atoms with Crippen LogP contribution in [0.25, 0.3) is 11.1 Å². The summed E-state index contributed by atoms with van der Waals surface area (Å²) >= 11 is 0. The van der Waals surface area contributed by atoms with Crippen LogP contribution in [0.2, 0.25) is 0 Å². The smallest absolute Gasteiger partial charge is 0.338 e. The molecule has 0 saturated carbocycles. The summed E-state index contributed by atoms with van der Waals surface area (Å²) < 4.78 is 9.67. The molecule has 0 heterocycles. The van der Waals surface area contributed by atoms with Crippen molar-refractivity contribution >= 4 is 11.9 Å². The first-order valence-corrected chi connectivity index (χ1v) is 7.28. The molecule has 23 heavy (non-hydrogen) atoms. The zero-order valence-corrected chi connectivity index (χ0v) is 13.1. The molecule has 0 amide bonds. The number of benzene rings is 2. The SMILES string of the molecule is CCOC(=O)c1ccc(-c2ccccc2[C@@H](N)C(=O)OC)cc1. The number of esters is 2. The van der Waals surface area contributed by atoms with Crippen molar-refractivity contribution in [3.05, 3.63) is 59.7 Å². The van der Waals surface area contributed by atoms with Gasteiger partial charge in [-0.1, -0.05) is 36.4 Å². The topological polar surface area (TPSA) is 78.6 Å². The largest absolute Gasteiger partial charge is 0.468 e. The van der Waals surface area contributed by atoms with Gasteiger partial charge in [0.1, 0.15) is 6.04 Å². The van der Waals surface area contributed by atoms with E-state index >= 15 is 0 Å². The van der Waals surface area contributed by atoms with Gasteiger partial charge in [-0.15, -0.1) is 0 Å². The van der Waals surface area contributed by atoms with Gasteiger partial charge in [0.25, 0.3) is 0 Å². The summed E-state index contributed by atoms with van der Waals surface area (Å²) in [5, 5.41) is 0. The molecular weight excluding hydrogens is 294 g/mol. The highest BCUT2D eigenvalue weighted by molar-refractivity contribution is 5.90. The quantitative estimate of drug-likeness (QED) is 0.859. The summed E-state index contributed by atoms with van der Waals surface area (Å²) in [5.41, 5.74) is 8.78. The molecule has 0 aliphatic carbocycles. The van der Waals surface area contributed by atoms with Crippen molar-refractivity contribution in [2.75, 3.05) is 13.7 Å². The number of hydrogen-bond acceptors (Lipinski definition) is 5. The molecule has 1 atom stereocenters. The molecule has 0 spiro atoms. The van der Waals surface area contributed by atoms with Gasteiger partial charge in [0.2, 0.25) is 0 Å². The van der Waals surface area contributed by atoms with Crippen LogP contribution in [0.4, 0.5) is 0 Å². The molecule has 0 aromatic heterocycles. The zero-order valence-electron chi connectivity index (χ0n) is 13.1. The van der Waals surface area contributed by atoms with Crippen LogP contribution in [0.1, 0.15) is 28.9 Å². The fourth-order valence-corrected chi connectivity index (χ4v) is 2.29. The summed E-state index contributed by atoms with van der Waals surface area (Å²) in [4.78, 5) is 23.4. The van der Waals surface area contributed by atoms with Gasteiger partial charge in [-0.3, -0.25) is 4.79 Å². The Morgan fingerprint density at radius 1 is 1.09 bits per heavy atom. The van der Waals surface area contributed by atoms with E-state index in [9.17, 15) is 9.59 Å². The van der Waals surface area contributed by atoms with Crippen molar-refractivity contribution < 1.29 is 19.1 Å². The maximum atomic E-state index is 11.7. The molecule has 0 radical (unpaired) electrons. The van der Waals surface area contributed by atoms with Gasteiger partial charge in [-0.2, -0.15) is 0 Å². The molecule has 0 aliphatic heterocycles. The second-order valence-electron chi connectivity index (χ2n) is 4.89. The van der Waals surface area contributed by atoms with E-state index < -0.39 is 12.0 Å². The van der Waals surface area contributed by atoms with Crippen molar-refractivity contribution in [2.45, 2.75) is 13.0 Å². The second-order valence-corrected chi connectivity index (χ2v) is 4.89. The van der Waals surface area contributed by atoms with Gasteiger partial charge in [-0.25, -0.2) is 4.79 Å². The lowest BCUT2D eigenvalue weighted by atomic mass is 9.94. The minimum Gasteiger partial charge on any atom is -0.468 e. The summed E-state index contributed by atoms with van der Waals surface area (Å²) in [6.07, 6.45) is 0. The zero-order chi connectivity index (χ0) is 16.8. The van der Waals surface area contributed by atoms with Gasteiger partial charge in [-0.05, 0) is 35.7 Å². The van der Waals surface area contributed by atoms with Crippen LogP contribution in [0.15, 0.2) is 48.5 Å². The van der Waals surface area contributed by atoms with Gasteiger partial charge in [0.05, 0.1) is 19.3 Å². The average Bonchev–Trinajstić information content (AvgIpc) is 2.60. The summed E-state index contributed by atoms with van der Waals surface area (Å²) in [5.74, 6) is -0.862. The fourth-order valence-electron chi connectivity index (χ4n) is 2.29. The third-order valence-electron chi connectivity index (χ3n) is 3.46. The Kier molecular flexibility index (Phi) is 5.49. The summed E-state index contributed by atoms with van der Waals surface area (Å²) in [6, 6.07) is 13.5. The van der Waals surface area contributed by atoms with Crippen molar-refractivity contribution in [3.63, 3.8) is 0 Å². The number of hydrogen-bond donors (Lipinski definition) is 1. The molecule has 2 aromatic rings. The number of ether oxygens (including phenoxy) is 2. The lowest BCUT2D eigenvalue weighted by Crippen LogP contribution is -2.23. The number of carbonyl (C=O) groups excluding carboxylic acids is 2. The maximum absolute atomic E-state index is 11.7. The van der Waals surface area contributed by atoms with E-state index in [4.69, 9.17) is 15.2 Å². The standard InChI is InChI=1S/C18H19NO4/c1-3-23-17(20)13-10-8-12(9-11-13)14-6-4-5-7-15(14)16(19)18(21)22-2/h4-11,16H,3,19H2,1-2H3/t16-/m1/s1. The second kappa shape index (κ2) is 7.56. The Bertz CT molecular complexity index is 694. The van der Waals surface area contributed by atoms with Gasteiger partial charge in [0.15, 0.2) is 0 Å². The molecule has 2 rings (SSSR count). The third-order valence-corrected chi connectivity index (χ3v) is 3.46. The Labute approximate surface area is 135 Å². The Hall–Kier alpha value is -2.66. The molecule has 2 N–H and O–H groups in total. The molecule has 0 fully saturated rings. The number of methoxy groups -OCH3 is 1. The minimum atomic E-state index is -0.860. The van der Waals surface area contributed by atoms with Crippen molar-refractivity contribution in [2.24, 2.45) is 5.73 Å². The highest BCUT2D eigenvalue weighted by Gasteiger charge is 2.20. The number of rotatable bonds is 5. The first-order chi connectivity index (χ1) is 11.1. The molecule has 2 aromatic carbocycles. The molecule has 120 valence electrons. The molecular formula is C18H19NO4. The van der Waals surface area contributed by atoms with E-state index in [1.165, 1.54) is 7.11 Å². The first kappa shape index (κ1) is 16.7. The third kappa shape index (κ3) is 3.76. The predicted molar refractivity (Wildman–Crippen MR) is 86.8 cm³/mol. The van der Waals surface area contributed by atoms with Crippen LogP contribution in [0.5, 0.6) is 0 Å². The van der Waals surface area contributed by atoms with E-state index in [-0.39, 0.29) is 5.97 Å². The van der Waals surface area contributed by atoms with Crippen LogP contribution in [0, 0.1) is 0 Å². The van der Waals surface area contributed by atoms with Crippen molar-refractivity contribution in [1.29, 1.82) is 0 Å². The van der Waals surface area contributed by atoms with Gasteiger partial charge < -0.3 is 15.2 Å². The Morgan fingerprint density at radius 3 is 2.35 bits per heavy atom. The highest BCUT2D eigenvalue weighted by atomic mass is 16.5. The van der Waals surface area contributed by atoms with E-state index in [2.05, 4.69) is 0 Å². The lowest BCUT2D eigenvalue weighted by molar-refractivity contribution is -0.142. The van der Waals surface area contributed by atoms with E-state index in [1.807, 2.05) is 18.2 Å². The van der Waals surface area contributed by atoms with Crippen LogP contribution in [0.3, 0.4) is 0 Å². The predicted octanol–water partition coefficient (Wildman–Crippen LogP) is 2.70. The molecule has 0 aliphatic rings. The maximum Gasteiger partial charge on any atom is 0.338 e. The van der Waals surface area contributed by atoms with Gasteiger partial charge in [0, 0.05) is 0 Å². The summed E-state index contributed by atoms with van der Waals surface area (Å²) in [7, 11) is 1.30. The first-order valence-electron chi connectivity index (χ1n) is 7.28. The number of nitrogens with two attached hydrogens (primary N) is 1. The van der Waals surface area contributed by atoms with Crippen LogP contribution < -0.4 is 5.73 Å². The number of carbonyl (C=O) groups is 2. The van der Waals surface area contributed by atoms with E-state index in [1.54, 1.807) is 37.3 Å². The average molecular weight is 313 g/mol. The minimum absolute atomic E-state index is 0.331. The van der Waals surface area contributed by atoms with E-state index in [0.29, 0.717) is 17.7 Å².